The zero-order chi connectivity index (χ0) is 23.2. The summed E-state index contributed by atoms with van der Waals surface area (Å²) >= 11 is 0. The van der Waals surface area contributed by atoms with E-state index in [2.05, 4.69) is 16.4 Å². The summed E-state index contributed by atoms with van der Waals surface area (Å²) in [7, 11) is 0. The van der Waals surface area contributed by atoms with Crippen LogP contribution in [-0.2, 0) is 29.2 Å². The fourth-order valence-electron chi connectivity index (χ4n) is 4.28. The number of carbonyl (C=O) groups excluding carboxylic acids is 2. The molecule has 1 fully saturated rings. The summed E-state index contributed by atoms with van der Waals surface area (Å²) < 4.78 is 12.8. The molecule has 2 aliphatic heterocycles. The predicted molar refractivity (Wildman–Crippen MR) is 119 cm³/mol. The van der Waals surface area contributed by atoms with Crippen molar-refractivity contribution >= 4 is 17.9 Å². The van der Waals surface area contributed by atoms with Crippen molar-refractivity contribution in [1.82, 2.24) is 19.8 Å². The van der Waals surface area contributed by atoms with Crippen LogP contribution in [0.1, 0.15) is 35.2 Å². The number of ether oxygens (including phenoxy) is 2. The summed E-state index contributed by atoms with van der Waals surface area (Å²) in [5, 5.41) is 12.7. The summed E-state index contributed by atoms with van der Waals surface area (Å²) in [6.45, 7) is 5.49. The second-order valence-electron chi connectivity index (χ2n) is 7.94. The van der Waals surface area contributed by atoms with E-state index in [9.17, 15) is 14.9 Å². The average molecular weight is 453 g/mol. The van der Waals surface area contributed by atoms with Crippen molar-refractivity contribution in [3.63, 3.8) is 0 Å². The van der Waals surface area contributed by atoms with Gasteiger partial charge in [-0.25, -0.2) is 14.6 Å². The number of nitrogens with zero attached hydrogens (tertiary/aromatic N) is 5. The smallest absolute Gasteiger partial charge is 0.410 e. The van der Waals surface area contributed by atoms with Crippen LogP contribution in [0, 0.1) is 11.3 Å². The average Bonchev–Trinajstić information content (AvgIpc) is 3.23. The largest absolute Gasteiger partial charge is 0.461 e. The highest BCUT2D eigenvalue weighted by Crippen LogP contribution is 2.28. The molecule has 10 heteroatoms. The van der Waals surface area contributed by atoms with Gasteiger partial charge in [-0.3, -0.25) is 0 Å². The number of hydrogen-bond donors (Lipinski definition) is 1. The number of benzene rings is 1. The molecule has 3 heterocycles. The minimum Gasteiger partial charge on any atom is -0.461 e. The van der Waals surface area contributed by atoms with Crippen molar-refractivity contribution in [3.8, 4) is 6.07 Å². The van der Waals surface area contributed by atoms with E-state index >= 15 is 0 Å². The van der Waals surface area contributed by atoms with Gasteiger partial charge in [0.15, 0.2) is 5.69 Å². The predicted octanol–water partition coefficient (Wildman–Crippen LogP) is 1.90. The van der Waals surface area contributed by atoms with Gasteiger partial charge < -0.3 is 29.2 Å². The number of fused-ring (bicyclic) bond motifs is 1. The van der Waals surface area contributed by atoms with Gasteiger partial charge in [-0.1, -0.05) is 30.3 Å². The van der Waals surface area contributed by atoms with Crippen molar-refractivity contribution in [2.75, 3.05) is 37.7 Å². The first-order chi connectivity index (χ1) is 16.1. The molecule has 0 unspecified atom stereocenters. The maximum absolute atomic E-state index is 12.8. The van der Waals surface area contributed by atoms with E-state index in [1.807, 2.05) is 39.8 Å². The maximum atomic E-state index is 12.8. The molecule has 0 radical (unpaired) electrons. The zero-order valence-electron chi connectivity index (χ0n) is 18.7. The monoisotopic (exact) mass is 452 g/mol. The fourth-order valence-corrected chi connectivity index (χ4v) is 4.28. The molecule has 174 valence electrons. The molecular weight excluding hydrogens is 424 g/mol. The van der Waals surface area contributed by atoms with Crippen molar-refractivity contribution in [3.05, 3.63) is 47.4 Å². The Balaban J connectivity index is 1.52. The first-order valence-electron chi connectivity index (χ1n) is 11.2. The van der Waals surface area contributed by atoms with Gasteiger partial charge >= 0.3 is 12.1 Å². The highest BCUT2D eigenvalue weighted by Gasteiger charge is 2.36. The minimum atomic E-state index is -0.462. The lowest BCUT2D eigenvalue weighted by Crippen LogP contribution is -2.56. The van der Waals surface area contributed by atoms with E-state index in [1.165, 1.54) is 0 Å². The lowest BCUT2D eigenvalue weighted by Gasteiger charge is -2.41. The van der Waals surface area contributed by atoms with Gasteiger partial charge in [0, 0.05) is 32.7 Å². The molecule has 1 amide bonds. The van der Waals surface area contributed by atoms with Crippen LogP contribution in [0.3, 0.4) is 0 Å². The molecule has 33 heavy (non-hydrogen) atoms. The molecule has 1 saturated heterocycles. The molecule has 1 N–H and O–H groups in total. The molecule has 1 aromatic heterocycles. The summed E-state index contributed by atoms with van der Waals surface area (Å²) in [6.07, 6.45) is -0.280. The molecule has 2 aliphatic rings. The highest BCUT2D eigenvalue weighted by molar-refractivity contribution is 5.93. The SMILES string of the molecule is CCOC(=O)c1nc2n(c1N1CCN(C(=O)OCc3ccccc3)[C@@H](CC#N)C1)CCNC2. The Kier molecular flexibility index (Phi) is 7.10. The van der Waals surface area contributed by atoms with Crippen LogP contribution in [0.15, 0.2) is 30.3 Å². The molecule has 4 rings (SSSR count). The van der Waals surface area contributed by atoms with E-state index in [-0.39, 0.29) is 31.4 Å². The van der Waals surface area contributed by atoms with Gasteiger partial charge in [-0.2, -0.15) is 5.26 Å². The van der Waals surface area contributed by atoms with Crippen molar-refractivity contribution in [2.45, 2.75) is 39.1 Å². The zero-order valence-corrected chi connectivity index (χ0v) is 18.7. The van der Waals surface area contributed by atoms with E-state index in [4.69, 9.17) is 9.47 Å². The summed E-state index contributed by atoms with van der Waals surface area (Å²) in [6, 6.07) is 11.3. The standard InChI is InChI=1S/C23H28N6O4/c1-2-32-22(30)20-21(29-11-10-25-14-19(29)26-20)27-12-13-28(18(15-27)8-9-24)23(31)33-16-17-6-4-3-5-7-17/h3-7,18,25H,2,8,10-16H2,1H3/t18-/m0/s1. The van der Waals surface area contributed by atoms with Crippen LogP contribution in [0.5, 0.6) is 0 Å². The molecule has 0 saturated carbocycles. The third-order valence-corrected chi connectivity index (χ3v) is 5.83. The van der Waals surface area contributed by atoms with Crippen LogP contribution >= 0.6 is 0 Å². The van der Waals surface area contributed by atoms with Crippen LogP contribution < -0.4 is 10.2 Å². The van der Waals surface area contributed by atoms with Gasteiger partial charge in [0.1, 0.15) is 18.2 Å². The Hall–Kier alpha value is -3.58. The molecule has 1 atom stereocenters. The number of imidazole rings is 1. The van der Waals surface area contributed by atoms with Crippen molar-refractivity contribution < 1.29 is 19.1 Å². The van der Waals surface area contributed by atoms with E-state index in [0.29, 0.717) is 38.5 Å². The maximum Gasteiger partial charge on any atom is 0.410 e. The Bertz CT molecular complexity index is 1030. The summed E-state index contributed by atoms with van der Waals surface area (Å²) in [5.74, 6) is 1.02. The quantitative estimate of drug-likeness (QED) is 0.662. The Morgan fingerprint density at radius 1 is 1.21 bits per heavy atom. The third-order valence-electron chi connectivity index (χ3n) is 5.83. The minimum absolute atomic E-state index is 0.161. The number of nitriles is 1. The number of amides is 1. The lowest BCUT2D eigenvalue weighted by atomic mass is 10.1. The number of piperazine rings is 1. The van der Waals surface area contributed by atoms with E-state index < -0.39 is 12.1 Å². The number of hydrogen-bond acceptors (Lipinski definition) is 8. The summed E-state index contributed by atoms with van der Waals surface area (Å²) in [4.78, 5) is 33.7. The fraction of sp³-hybridized carbons (Fsp3) is 0.478. The molecule has 10 nitrogen and oxygen atoms in total. The first kappa shape index (κ1) is 22.6. The molecule has 0 aliphatic carbocycles. The second kappa shape index (κ2) is 10.4. The Labute approximate surface area is 192 Å². The van der Waals surface area contributed by atoms with Gasteiger partial charge in [0.25, 0.3) is 0 Å². The third kappa shape index (κ3) is 4.93. The van der Waals surface area contributed by atoms with Gasteiger partial charge in [-0.05, 0) is 12.5 Å². The normalized spacial score (nSPS) is 17.8. The molecule has 2 aromatic rings. The Morgan fingerprint density at radius 2 is 2.03 bits per heavy atom. The van der Waals surface area contributed by atoms with Crippen LogP contribution in [-0.4, -0.2) is 65.3 Å². The molecule has 0 bridgehead atoms. The van der Waals surface area contributed by atoms with Crippen LogP contribution in [0.2, 0.25) is 0 Å². The number of nitrogens with one attached hydrogen (secondary N) is 1. The number of anilines is 1. The topological polar surface area (TPSA) is 113 Å². The Morgan fingerprint density at radius 3 is 2.79 bits per heavy atom. The van der Waals surface area contributed by atoms with E-state index in [0.717, 1.165) is 17.9 Å². The van der Waals surface area contributed by atoms with Crippen LogP contribution in [0.4, 0.5) is 10.6 Å². The summed E-state index contributed by atoms with van der Waals surface area (Å²) in [5.41, 5.74) is 1.19. The molecule has 0 spiro atoms. The molecular formula is C23H28N6O4. The first-order valence-corrected chi connectivity index (χ1v) is 11.2. The molecule has 1 aromatic carbocycles. The van der Waals surface area contributed by atoms with Crippen molar-refractivity contribution in [2.24, 2.45) is 0 Å². The van der Waals surface area contributed by atoms with Crippen LogP contribution in [0.25, 0.3) is 0 Å². The van der Waals surface area contributed by atoms with E-state index in [1.54, 1.807) is 11.8 Å². The van der Waals surface area contributed by atoms with Gasteiger partial charge in [0.05, 0.1) is 31.7 Å². The number of rotatable bonds is 6. The van der Waals surface area contributed by atoms with Gasteiger partial charge in [-0.15, -0.1) is 0 Å². The number of carbonyl (C=O) groups is 2. The number of esters is 1. The second-order valence-corrected chi connectivity index (χ2v) is 7.94. The number of aromatic nitrogens is 2. The lowest BCUT2D eigenvalue weighted by molar-refractivity contribution is 0.0518. The van der Waals surface area contributed by atoms with Gasteiger partial charge in [0.2, 0.25) is 0 Å². The highest BCUT2D eigenvalue weighted by atomic mass is 16.6. The van der Waals surface area contributed by atoms with Crippen molar-refractivity contribution in [1.29, 1.82) is 5.26 Å².